The van der Waals surface area contributed by atoms with Crippen molar-refractivity contribution in [3.05, 3.63) is 96.8 Å². The molecule has 1 amide bonds. The van der Waals surface area contributed by atoms with E-state index in [2.05, 4.69) is 15.1 Å². The zero-order valence-corrected chi connectivity index (χ0v) is 18.6. The number of sulfonamides is 1. The summed E-state index contributed by atoms with van der Waals surface area (Å²) >= 11 is 0. The fourth-order valence-corrected chi connectivity index (χ4v) is 4.20. The monoisotopic (exact) mass is 462 g/mol. The molecule has 0 unspecified atom stereocenters. The van der Waals surface area contributed by atoms with Crippen molar-refractivity contribution in [2.45, 2.75) is 11.8 Å². The average molecular weight is 463 g/mol. The van der Waals surface area contributed by atoms with Crippen molar-refractivity contribution >= 4 is 27.3 Å². The molecule has 3 aromatic carbocycles. The molecule has 0 fully saturated rings. The first kappa shape index (κ1) is 22.1. The third-order valence-corrected chi connectivity index (χ3v) is 6.11. The lowest BCUT2D eigenvalue weighted by Crippen LogP contribution is -2.15. The Morgan fingerprint density at radius 2 is 1.73 bits per heavy atom. The number of aromatic nitrogens is 2. The Balaban J connectivity index is 1.44. The van der Waals surface area contributed by atoms with Crippen LogP contribution in [-0.4, -0.2) is 30.7 Å². The van der Waals surface area contributed by atoms with E-state index in [-0.39, 0.29) is 10.8 Å². The van der Waals surface area contributed by atoms with Gasteiger partial charge >= 0.3 is 0 Å². The lowest BCUT2D eigenvalue weighted by atomic mass is 10.2. The lowest BCUT2D eigenvalue weighted by molar-refractivity contribution is 0.102. The smallest absolute Gasteiger partial charge is 0.261 e. The molecule has 168 valence electrons. The molecular formula is C24H22N4O4S. The normalized spacial score (nSPS) is 11.1. The van der Waals surface area contributed by atoms with Crippen LogP contribution < -0.4 is 14.8 Å². The van der Waals surface area contributed by atoms with Crippen LogP contribution in [0.15, 0.2) is 96.2 Å². The third kappa shape index (κ3) is 5.39. The van der Waals surface area contributed by atoms with Crippen molar-refractivity contribution in [2.75, 3.05) is 16.6 Å². The average Bonchev–Trinajstić information content (AvgIpc) is 3.36. The number of amides is 1. The van der Waals surface area contributed by atoms with Gasteiger partial charge in [0.05, 0.1) is 17.2 Å². The number of hydrogen-bond donors (Lipinski definition) is 2. The largest absolute Gasteiger partial charge is 0.494 e. The summed E-state index contributed by atoms with van der Waals surface area (Å²) in [5.41, 5.74) is 2.15. The summed E-state index contributed by atoms with van der Waals surface area (Å²) in [4.78, 5) is 12.7. The predicted molar refractivity (Wildman–Crippen MR) is 126 cm³/mol. The van der Waals surface area contributed by atoms with Gasteiger partial charge in [0.2, 0.25) is 0 Å². The Morgan fingerprint density at radius 1 is 0.970 bits per heavy atom. The van der Waals surface area contributed by atoms with Crippen molar-refractivity contribution in [1.29, 1.82) is 0 Å². The molecule has 8 nitrogen and oxygen atoms in total. The molecule has 0 aliphatic rings. The molecule has 9 heteroatoms. The van der Waals surface area contributed by atoms with E-state index in [4.69, 9.17) is 4.74 Å². The quantitative estimate of drug-likeness (QED) is 0.406. The summed E-state index contributed by atoms with van der Waals surface area (Å²) in [6, 6.07) is 21.4. The summed E-state index contributed by atoms with van der Waals surface area (Å²) < 4.78 is 34.9. The molecule has 0 radical (unpaired) electrons. The molecule has 0 bridgehead atoms. The number of carbonyl (C=O) groups is 1. The molecule has 1 aromatic heterocycles. The standard InChI is InChI=1S/C24H22N4O4S/c1-2-32-22-11-9-19(10-12-22)27-33(30,31)23-13-7-18(8-14-23)24(29)26-20-5-3-6-21(17-20)28-16-4-15-25-28/h3-17,27H,2H2,1H3,(H,26,29). The first-order valence-corrected chi connectivity index (χ1v) is 11.7. The van der Waals surface area contributed by atoms with Crippen molar-refractivity contribution in [1.82, 2.24) is 9.78 Å². The van der Waals surface area contributed by atoms with Gasteiger partial charge in [-0.15, -0.1) is 0 Å². The number of anilines is 2. The molecule has 1 heterocycles. The van der Waals surface area contributed by atoms with E-state index in [9.17, 15) is 13.2 Å². The molecule has 33 heavy (non-hydrogen) atoms. The van der Waals surface area contributed by atoms with Crippen LogP contribution in [0, 0.1) is 0 Å². The van der Waals surface area contributed by atoms with E-state index in [0.717, 1.165) is 5.69 Å². The van der Waals surface area contributed by atoms with Crippen LogP contribution in [-0.2, 0) is 10.0 Å². The molecule has 4 aromatic rings. The zero-order valence-electron chi connectivity index (χ0n) is 17.8. The van der Waals surface area contributed by atoms with Crippen molar-refractivity contribution in [2.24, 2.45) is 0 Å². The van der Waals surface area contributed by atoms with Crippen LogP contribution >= 0.6 is 0 Å². The SMILES string of the molecule is CCOc1ccc(NS(=O)(=O)c2ccc(C(=O)Nc3cccc(-n4cccn4)c3)cc2)cc1. The number of hydrogen-bond acceptors (Lipinski definition) is 5. The van der Waals surface area contributed by atoms with Gasteiger partial charge in [0.15, 0.2) is 0 Å². The fourth-order valence-electron chi connectivity index (χ4n) is 3.14. The first-order chi connectivity index (χ1) is 15.9. The predicted octanol–water partition coefficient (Wildman–Crippen LogP) is 4.32. The van der Waals surface area contributed by atoms with Gasteiger partial charge in [0.1, 0.15) is 5.75 Å². The number of carbonyl (C=O) groups excluding carboxylic acids is 1. The van der Waals surface area contributed by atoms with Crippen LogP contribution in [0.25, 0.3) is 5.69 Å². The first-order valence-electron chi connectivity index (χ1n) is 10.2. The highest BCUT2D eigenvalue weighted by Crippen LogP contribution is 2.21. The topological polar surface area (TPSA) is 102 Å². The zero-order chi connectivity index (χ0) is 23.3. The van der Waals surface area contributed by atoms with E-state index >= 15 is 0 Å². The van der Waals surface area contributed by atoms with Gasteiger partial charge in [-0.3, -0.25) is 9.52 Å². The molecule has 0 aliphatic heterocycles. The van der Waals surface area contributed by atoms with Crippen LogP contribution in [0.1, 0.15) is 17.3 Å². The number of nitrogens with one attached hydrogen (secondary N) is 2. The Bertz CT molecular complexity index is 1330. The molecule has 2 N–H and O–H groups in total. The van der Waals surface area contributed by atoms with Gasteiger partial charge in [0, 0.05) is 29.3 Å². The number of rotatable bonds is 8. The molecular weight excluding hydrogens is 440 g/mol. The van der Waals surface area contributed by atoms with Crippen LogP contribution in [0.4, 0.5) is 11.4 Å². The summed E-state index contributed by atoms with van der Waals surface area (Å²) in [5.74, 6) is 0.307. The number of nitrogens with zero attached hydrogens (tertiary/aromatic N) is 2. The molecule has 4 rings (SSSR count). The van der Waals surface area contributed by atoms with Crippen molar-refractivity contribution in [3.8, 4) is 11.4 Å². The van der Waals surface area contributed by atoms with Crippen molar-refractivity contribution in [3.63, 3.8) is 0 Å². The Labute approximate surface area is 191 Å². The van der Waals surface area contributed by atoms with Gasteiger partial charge in [-0.25, -0.2) is 13.1 Å². The highest BCUT2D eigenvalue weighted by molar-refractivity contribution is 7.92. The Morgan fingerprint density at radius 3 is 2.39 bits per heavy atom. The highest BCUT2D eigenvalue weighted by Gasteiger charge is 2.16. The molecule has 0 spiro atoms. The van der Waals surface area contributed by atoms with Crippen LogP contribution in [0.3, 0.4) is 0 Å². The highest BCUT2D eigenvalue weighted by atomic mass is 32.2. The summed E-state index contributed by atoms with van der Waals surface area (Å²) in [6.45, 7) is 2.40. The fraction of sp³-hybridized carbons (Fsp3) is 0.0833. The second kappa shape index (κ2) is 9.58. The number of benzene rings is 3. The van der Waals surface area contributed by atoms with E-state index in [1.165, 1.54) is 24.3 Å². The second-order valence-corrected chi connectivity index (χ2v) is 8.72. The Hall–Kier alpha value is -4.11. The van der Waals surface area contributed by atoms with E-state index in [1.54, 1.807) is 47.3 Å². The molecule has 0 aliphatic carbocycles. The van der Waals surface area contributed by atoms with E-state index in [0.29, 0.717) is 29.3 Å². The van der Waals surface area contributed by atoms with Gasteiger partial charge in [-0.2, -0.15) is 5.10 Å². The third-order valence-electron chi connectivity index (χ3n) is 4.72. The van der Waals surface area contributed by atoms with Crippen LogP contribution in [0.5, 0.6) is 5.75 Å². The van der Waals surface area contributed by atoms with Gasteiger partial charge in [-0.05, 0) is 79.7 Å². The summed E-state index contributed by atoms with van der Waals surface area (Å²) in [6.07, 6.45) is 3.48. The minimum atomic E-state index is -3.80. The summed E-state index contributed by atoms with van der Waals surface area (Å²) in [5, 5.41) is 6.99. The molecule has 0 saturated carbocycles. The maximum absolute atomic E-state index is 12.7. The minimum absolute atomic E-state index is 0.0496. The van der Waals surface area contributed by atoms with Gasteiger partial charge in [-0.1, -0.05) is 6.07 Å². The van der Waals surface area contributed by atoms with Gasteiger partial charge < -0.3 is 10.1 Å². The maximum atomic E-state index is 12.7. The molecule has 0 saturated heterocycles. The number of ether oxygens (including phenoxy) is 1. The molecule has 0 atom stereocenters. The van der Waals surface area contributed by atoms with E-state index in [1.807, 2.05) is 31.3 Å². The van der Waals surface area contributed by atoms with Gasteiger partial charge in [0.25, 0.3) is 15.9 Å². The van der Waals surface area contributed by atoms with Crippen molar-refractivity contribution < 1.29 is 17.9 Å². The Kier molecular flexibility index (Phi) is 6.41. The minimum Gasteiger partial charge on any atom is -0.494 e. The second-order valence-electron chi connectivity index (χ2n) is 7.04. The maximum Gasteiger partial charge on any atom is 0.261 e. The summed E-state index contributed by atoms with van der Waals surface area (Å²) in [7, 11) is -3.80. The van der Waals surface area contributed by atoms with E-state index < -0.39 is 10.0 Å². The van der Waals surface area contributed by atoms with Crippen LogP contribution in [0.2, 0.25) is 0 Å². The lowest BCUT2D eigenvalue weighted by Gasteiger charge is -2.10.